The minimum atomic E-state index is -3.35. The number of aryl methyl sites for hydroxylation is 2. The summed E-state index contributed by atoms with van der Waals surface area (Å²) in [5.74, 6) is -0.219. The summed E-state index contributed by atoms with van der Waals surface area (Å²) in [6.07, 6.45) is 6.78. The normalized spacial score (nSPS) is 22.3. The maximum Gasteiger partial charge on any atom is 0.242 e. The van der Waals surface area contributed by atoms with Gasteiger partial charge in [0, 0.05) is 12.2 Å². The molecule has 1 fully saturated rings. The monoisotopic (exact) mass is 322 g/mol. The quantitative estimate of drug-likeness (QED) is 0.924. The Morgan fingerprint density at radius 2 is 1.95 bits per heavy atom. The molecule has 1 heterocycles. The van der Waals surface area contributed by atoms with Crippen LogP contribution in [-0.4, -0.2) is 37.5 Å². The van der Waals surface area contributed by atoms with Crippen LogP contribution in [0.4, 0.5) is 5.69 Å². The number of fused-ring (bicyclic) bond motifs is 1. The molecule has 0 bridgehead atoms. The molecule has 1 aromatic rings. The zero-order chi connectivity index (χ0) is 15.7. The van der Waals surface area contributed by atoms with Crippen LogP contribution >= 0.6 is 0 Å². The van der Waals surface area contributed by atoms with E-state index in [1.54, 1.807) is 0 Å². The number of piperidine rings is 1. The molecule has 0 unspecified atom stereocenters. The highest BCUT2D eigenvalue weighted by Gasteiger charge is 2.34. The third kappa shape index (κ3) is 3.17. The largest absolute Gasteiger partial charge is 0.325 e. The van der Waals surface area contributed by atoms with E-state index in [-0.39, 0.29) is 5.91 Å². The molecule has 1 atom stereocenters. The van der Waals surface area contributed by atoms with Crippen molar-refractivity contribution in [2.45, 2.75) is 44.6 Å². The fourth-order valence-electron chi connectivity index (χ4n) is 3.44. The van der Waals surface area contributed by atoms with Gasteiger partial charge in [0.15, 0.2) is 0 Å². The number of amides is 1. The zero-order valence-electron chi connectivity index (χ0n) is 12.8. The van der Waals surface area contributed by atoms with E-state index in [4.69, 9.17) is 0 Å². The van der Waals surface area contributed by atoms with Crippen molar-refractivity contribution in [3.05, 3.63) is 29.3 Å². The Hall–Kier alpha value is -1.40. The van der Waals surface area contributed by atoms with E-state index >= 15 is 0 Å². The van der Waals surface area contributed by atoms with Crippen LogP contribution in [0.25, 0.3) is 0 Å². The number of carbonyl (C=O) groups excluding carboxylic acids is 1. The summed E-state index contributed by atoms with van der Waals surface area (Å²) in [6, 6.07) is 5.41. The van der Waals surface area contributed by atoms with E-state index in [0.29, 0.717) is 13.0 Å². The Morgan fingerprint density at radius 3 is 2.73 bits per heavy atom. The first kappa shape index (κ1) is 15.5. The molecule has 22 heavy (non-hydrogen) atoms. The molecule has 3 rings (SSSR count). The minimum Gasteiger partial charge on any atom is -0.325 e. The molecule has 1 saturated heterocycles. The lowest BCUT2D eigenvalue weighted by Gasteiger charge is -2.32. The molecule has 0 spiro atoms. The summed E-state index contributed by atoms with van der Waals surface area (Å²) in [4.78, 5) is 12.5. The van der Waals surface area contributed by atoms with Crippen molar-refractivity contribution in [3.63, 3.8) is 0 Å². The molecule has 0 aromatic heterocycles. The Labute approximate surface area is 131 Å². The predicted octanol–water partition coefficient (Wildman–Crippen LogP) is 1.93. The number of nitrogens with zero attached hydrogens (tertiary/aromatic N) is 1. The molecule has 1 amide bonds. The molecule has 5 nitrogen and oxygen atoms in total. The van der Waals surface area contributed by atoms with E-state index in [1.807, 2.05) is 12.1 Å². The van der Waals surface area contributed by atoms with Crippen LogP contribution in [0.5, 0.6) is 0 Å². The molecular weight excluding hydrogens is 300 g/mol. The lowest BCUT2D eigenvalue weighted by Crippen LogP contribution is -2.49. The summed E-state index contributed by atoms with van der Waals surface area (Å²) < 4.78 is 25.0. The van der Waals surface area contributed by atoms with Crippen molar-refractivity contribution in [1.29, 1.82) is 0 Å². The van der Waals surface area contributed by atoms with Crippen LogP contribution in [0.15, 0.2) is 18.2 Å². The molecule has 1 N–H and O–H groups in total. The first-order valence-electron chi connectivity index (χ1n) is 7.84. The maximum atomic E-state index is 12.5. The number of hydrogen-bond acceptors (Lipinski definition) is 3. The summed E-state index contributed by atoms with van der Waals surface area (Å²) in [5.41, 5.74) is 3.42. The van der Waals surface area contributed by atoms with Crippen LogP contribution in [0.3, 0.4) is 0 Å². The van der Waals surface area contributed by atoms with Gasteiger partial charge in [-0.25, -0.2) is 8.42 Å². The summed E-state index contributed by atoms with van der Waals surface area (Å²) >= 11 is 0. The van der Waals surface area contributed by atoms with Crippen LogP contribution < -0.4 is 5.32 Å². The van der Waals surface area contributed by atoms with Gasteiger partial charge in [-0.2, -0.15) is 4.31 Å². The first-order chi connectivity index (χ1) is 10.4. The highest BCUT2D eigenvalue weighted by Crippen LogP contribution is 2.26. The molecule has 1 aromatic carbocycles. The van der Waals surface area contributed by atoms with E-state index in [0.717, 1.165) is 37.8 Å². The highest BCUT2D eigenvalue weighted by atomic mass is 32.2. The fraction of sp³-hybridized carbons (Fsp3) is 0.562. The van der Waals surface area contributed by atoms with E-state index in [1.165, 1.54) is 21.7 Å². The van der Waals surface area contributed by atoms with Crippen molar-refractivity contribution in [3.8, 4) is 0 Å². The average molecular weight is 322 g/mol. The topological polar surface area (TPSA) is 66.5 Å². The third-order valence-corrected chi connectivity index (χ3v) is 5.84. The molecule has 6 heteroatoms. The number of hydrogen-bond donors (Lipinski definition) is 1. The van der Waals surface area contributed by atoms with Gasteiger partial charge in [0.1, 0.15) is 6.04 Å². The van der Waals surface area contributed by atoms with Crippen molar-refractivity contribution < 1.29 is 13.2 Å². The second-order valence-corrected chi connectivity index (χ2v) is 8.15. The van der Waals surface area contributed by atoms with Gasteiger partial charge in [0.25, 0.3) is 0 Å². The number of anilines is 1. The Kier molecular flexibility index (Phi) is 4.23. The maximum absolute atomic E-state index is 12.5. The summed E-state index contributed by atoms with van der Waals surface area (Å²) in [5, 5.41) is 2.90. The van der Waals surface area contributed by atoms with Crippen LogP contribution in [0.2, 0.25) is 0 Å². The second kappa shape index (κ2) is 6.01. The molecule has 1 aliphatic carbocycles. The van der Waals surface area contributed by atoms with Gasteiger partial charge < -0.3 is 5.32 Å². The number of rotatable bonds is 3. The number of nitrogens with one attached hydrogen (secondary N) is 1. The number of carbonyl (C=O) groups is 1. The van der Waals surface area contributed by atoms with Gasteiger partial charge in [-0.15, -0.1) is 0 Å². The van der Waals surface area contributed by atoms with Gasteiger partial charge in [0.05, 0.1) is 6.26 Å². The van der Waals surface area contributed by atoms with Gasteiger partial charge in [-0.05, 0) is 55.4 Å². The SMILES string of the molecule is CS(=O)(=O)N1CCCC[C@@H]1C(=O)Nc1ccc2c(c1)CCC2. The van der Waals surface area contributed by atoms with Gasteiger partial charge >= 0.3 is 0 Å². The number of sulfonamides is 1. The van der Waals surface area contributed by atoms with Crippen LogP contribution in [0, 0.1) is 0 Å². The van der Waals surface area contributed by atoms with Gasteiger partial charge in [0.2, 0.25) is 15.9 Å². The summed E-state index contributed by atoms with van der Waals surface area (Å²) in [7, 11) is -3.35. The first-order valence-corrected chi connectivity index (χ1v) is 9.69. The molecule has 0 radical (unpaired) electrons. The number of benzene rings is 1. The summed E-state index contributed by atoms with van der Waals surface area (Å²) in [6.45, 7) is 0.432. The van der Waals surface area contributed by atoms with Crippen molar-refractivity contribution in [1.82, 2.24) is 4.31 Å². The lowest BCUT2D eigenvalue weighted by atomic mass is 10.0. The standard InChI is InChI=1S/C16H22N2O3S/c1-22(20,21)18-10-3-2-7-15(18)16(19)17-14-9-8-12-5-4-6-13(12)11-14/h8-9,11,15H,2-7,10H2,1H3,(H,17,19)/t15-/m1/s1. The van der Waals surface area contributed by atoms with Crippen LogP contribution in [-0.2, 0) is 27.7 Å². The zero-order valence-corrected chi connectivity index (χ0v) is 13.7. The van der Waals surface area contributed by atoms with Crippen molar-refractivity contribution >= 4 is 21.6 Å². The van der Waals surface area contributed by atoms with E-state index in [2.05, 4.69) is 11.4 Å². The van der Waals surface area contributed by atoms with Crippen molar-refractivity contribution in [2.75, 3.05) is 18.1 Å². The van der Waals surface area contributed by atoms with Gasteiger partial charge in [-0.3, -0.25) is 4.79 Å². The molecule has 0 saturated carbocycles. The van der Waals surface area contributed by atoms with Gasteiger partial charge in [-0.1, -0.05) is 12.5 Å². The van der Waals surface area contributed by atoms with Crippen molar-refractivity contribution in [2.24, 2.45) is 0 Å². The molecule has 1 aliphatic heterocycles. The lowest BCUT2D eigenvalue weighted by molar-refractivity contribution is -0.120. The Morgan fingerprint density at radius 1 is 1.18 bits per heavy atom. The molecular formula is C16H22N2O3S. The highest BCUT2D eigenvalue weighted by molar-refractivity contribution is 7.88. The smallest absolute Gasteiger partial charge is 0.242 e. The Balaban J connectivity index is 1.75. The Bertz CT molecular complexity index is 685. The second-order valence-electron chi connectivity index (χ2n) is 6.21. The molecule has 2 aliphatic rings. The minimum absolute atomic E-state index is 0.219. The third-order valence-electron chi connectivity index (χ3n) is 4.55. The van der Waals surface area contributed by atoms with E-state index < -0.39 is 16.1 Å². The predicted molar refractivity (Wildman–Crippen MR) is 86.3 cm³/mol. The molecule has 120 valence electrons. The van der Waals surface area contributed by atoms with Crippen LogP contribution in [0.1, 0.15) is 36.8 Å². The average Bonchev–Trinajstić information content (AvgIpc) is 2.94. The fourth-order valence-corrected chi connectivity index (χ4v) is 4.56. The van der Waals surface area contributed by atoms with E-state index in [9.17, 15) is 13.2 Å².